The van der Waals surface area contributed by atoms with Crippen LogP contribution in [0.5, 0.6) is 0 Å². The summed E-state index contributed by atoms with van der Waals surface area (Å²) in [5.74, 6) is -4.90. The summed E-state index contributed by atoms with van der Waals surface area (Å²) < 4.78 is 26.4. The first-order chi connectivity index (χ1) is 13.7. The number of benzene rings is 1. The summed E-state index contributed by atoms with van der Waals surface area (Å²) in [6.07, 6.45) is -0.0606. The van der Waals surface area contributed by atoms with Crippen molar-refractivity contribution in [2.24, 2.45) is 0 Å². The van der Waals surface area contributed by atoms with E-state index in [1.807, 2.05) is 0 Å². The number of hydrogen-bond acceptors (Lipinski definition) is 6. The molecule has 3 aliphatic heterocycles. The minimum absolute atomic E-state index is 0.0627. The van der Waals surface area contributed by atoms with Crippen LogP contribution in [0.4, 0.5) is 8.78 Å². The molecular weight excluding hydrogens is 386 g/mol. The van der Waals surface area contributed by atoms with E-state index < -0.39 is 35.6 Å². The van der Waals surface area contributed by atoms with Crippen LogP contribution in [-0.2, 0) is 16.1 Å². The average Bonchev–Trinajstić information content (AvgIpc) is 3.13. The second-order valence-corrected chi connectivity index (χ2v) is 7.60. The predicted octanol–water partition coefficient (Wildman–Crippen LogP) is 0.175. The highest BCUT2D eigenvalue weighted by Crippen LogP contribution is 2.28. The van der Waals surface area contributed by atoms with E-state index in [0.29, 0.717) is 13.1 Å². The summed E-state index contributed by atoms with van der Waals surface area (Å²) in [6, 6.07) is 3.45. The normalized spacial score (nSPS) is 26.1. The van der Waals surface area contributed by atoms with Gasteiger partial charge in [0.25, 0.3) is 17.7 Å². The first-order valence-corrected chi connectivity index (χ1v) is 9.41. The van der Waals surface area contributed by atoms with Crippen molar-refractivity contribution in [3.8, 4) is 0 Å². The minimum Gasteiger partial charge on any atom is -0.311 e. The summed E-state index contributed by atoms with van der Waals surface area (Å²) in [5.41, 5.74) is 1.13. The van der Waals surface area contributed by atoms with Gasteiger partial charge in [0, 0.05) is 32.0 Å². The molecule has 1 aromatic carbocycles. The van der Waals surface area contributed by atoms with Gasteiger partial charge in [-0.2, -0.15) is 0 Å². The molecule has 2 unspecified atom stereocenters. The number of carbonyl (C=O) groups is 4. The topological polar surface area (TPSA) is 108 Å². The molecule has 1 aromatic rings. The Morgan fingerprint density at radius 1 is 1.14 bits per heavy atom. The summed E-state index contributed by atoms with van der Waals surface area (Å²) in [7, 11) is 0. The number of rotatable bonds is 5. The molecule has 4 rings (SSSR count). The van der Waals surface area contributed by atoms with Gasteiger partial charge >= 0.3 is 0 Å². The van der Waals surface area contributed by atoms with Crippen molar-refractivity contribution in [3.05, 3.63) is 34.9 Å². The molecule has 0 aliphatic carbocycles. The van der Waals surface area contributed by atoms with E-state index in [1.165, 1.54) is 6.07 Å². The van der Waals surface area contributed by atoms with Gasteiger partial charge in [-0.1, -0.05) is 6.07 Å². The van der Waals surface area contributed by atoms with E-state index in [0.717, 1.165) is 10.5 Å². The Morgan fingerprint density at radius 3 is 2.59 bits per heavy atom. The number of hydrogen-bond donors (Lipinski definition) is 3. The maximum atomic E-state index is 13.2. The molecule has 29 heavy (non-hydrogen) atoms. The minimum atomic E-state index is -2.69. The van der Waals surface area contributed by atoms with Gasteiger partial charge in [0.2, 0.25) is 11.8 Å². The van der Waals surface area contributed by atoms with Crippen molar-refractivity contribution < 1.29 is 28.0 Å². The zero-order valence-electron chi connectivity index (χ0n) is 15.5. The molecule has 0 spiro atoms. The number of carbonyl (C=O) groups excluding carboxylic acids is 4. The SMILES string of the molecule is O=C1CCC(N2C(=O)c3ccc(CNCC4CC(F)(F)CN4)cc3C2=O)C(=O)N1. The molecule has 2 fully saturated rings. The molecule has 3 N–H and O–H groups in total. The highest BCUT2D eigenvalue weighted by molar-refractivity contribution is 6.23. The molecule has 0 radical (unpaired) electrons. The van der Waals surface area contributed by atoms with Crippen LogP contribution in [0, 0.1) is 0 Å². The third kappa shape index (κ3) is 3.77. The van der Waals surface area contributed by atoms with E-state index in [9.17, 15) is 28.0 Å². The summed E-state index contributed by atoms with van der Waals surface area (Å²) in [6.45, 7) is 0.365. The van der Waals surface area contributed by atoms with Gasteiger partial charge in [-0.3, -0.25) is 29.4 Å². The smallest absolute Gasteiger partial charge is 0.262 e. The molecule has 0 bridgehead atoms. The highest BCUT2D eigenvalue weighted by Gasteiger charge is 2.44. The number of nitrogens with zero attached hydrogens (tertiary/aromatic N) is 1. The summed E-state index contributed by atoms with van der Waals surface area (Å²) >= 11 is 0. The Balaban J connectivity index is 1.42. The van der Waals surface area contributed by atoms with Crippen molar-refractivity contribution >= 4 is 23.6 Å². The Morgan fingerprint density at radius 2 is 1.90 bits per heavy atom. The maximum absolute atomic E-state index is 13.2. The molecule has 8 nitrogen and oxygen atoms in total. The van der Waals surface area contributed by atoms with Crippen LogP contribution in [-0.4, -0.2) is 59.6 Å². The quantitative estimate of drug-likeness (QED) is 0.602. The fourth-order valence-electron chi connectivity index (χ4n) is 3.96. The van der Waals surface area contributed by atoms with Gasteiger partial charge in [0.15, 0.2) is 0 Å². The van der Waals surface area contributed by atoms with E-state index in [-0.39, 0.29) is 43.0 Å². The predicted molar refractivity (Wildman–Crippen MR) is 96.2 cm³/mol. The Bertz CT molecular complexity index is 904. The molecule has 2 atom stereocenters. The standard InChI is InChI=1S/C19H20F2N4O4/c20-19(21)6-11(23-9-19)8-22-7-10-1-2-12-13(5-10)18(29)25(17(12)28)14-3-4-15(26)24-16(14)27/h1-2,5,11,14,22-23H,3-4,6-9H2,(H,24,26,27). The summed E-state index contributed by atoms with van der Waals surface area (Å²) in [5, 5.41) is 7.99. The Hall–Kier alpha value is -2.72. The lowest BCUT2D eigenvalue weighted by Crippen LogP contribution is -2.54. The van der Waals surface area contributed by atoms with Gasteiger partial charge < -0.3 is 10.6 Å². The van der Waals surface area contributed by atoms with Crippen LogP contribution in [0.2, 0.25) is 0 Å². The van der Waals surface area contributed by atoms with Crippen molar-refractivity contribution in [2.75, 3.05) is 13.1 Å². The Kier molecular flexibility index (Phi) is 4.91. The molecule has 3 heterocycles. The molecule has 0 saturated carbocycles. The number of nitrogens with one attached hydrogen (secondary N) is 3. The van der Waals surface area contributed by atoms with Crippen LogP contribution in [0.1, 0.15) is 45.5 Å². The Labute approximate surface area is 165 Å². The van der Waals surface area contributed by atoms with E-state index in [4.69, 9.17) is 0 Å². The molecule has 154 valence electrons. The largest absolute Gasteiger partial charge is 0.311 e. The zero-order valence-corrected chi connectivity index (χ0v) is 15.5. The van der Waals surface area contributed by atoms with Crippen molar-refractivity contribution in [3.63, 3.8) is 0 Å². The number of piperidine rings is 1. The molecule has 0 aromatic heterocycles. The van der Waals surface area contributed by atoms with Crippen LogP contribution in [0.3, 0.4) is 0 Å². The van der Waals surface area contributed by atoms with Crippen LogP contribution in [0.15, 0.2) is 18.2 Å². The van der Waals surface area contributed by atoms with Gasteiger partial charge in [-0.25, -0.2) is 8.78 Å². The molecule has 3 aliphatic rings. The number of fused-ring (bicyclic) bond motifs is 1. The van der Waals surface area contributed by atoms with E-state index in [1.54, 1.807) is 12.1 Å². The average molecular weight is 406 g/mol. The van der Waals surface area contributed by atoms with Gasteiger partial charge in [0.1, 0.15) is 6.04 Å². The zero-order chi connectivity index (χ0) is 20.8. The lowest BCUT2D eigenvalue weighted by Gasteiger charge is -2.27. The first kappa shape index (κ1) is 19.6. The van der Waals surface area contributed by atoms with Gasteiger partial charge in [0.05, 0.1) is 17.7 Å². The number of amides is 4. The van der Waals surface area contributed by atoms with Gasteiger partial charge in [-0.15, -0.1) is 0 Å². The third-order valence-electron chi connectivity index (χ3n) is 5.42. The number of alkyl halides is 2. The molecular formula is C19H20F2N4O4. The molecule has 4 amide bonds. The van der Waals surface area contributed by atoms with Crippen molar-refractivity contribution in [2.45, 2.75) is 43.8 Å². The molecule has 10 heteroatoms. The van der Waals surface area contributed by atoms with Crippen molar-refractivity contribution in [1.29, 1.82) is 0 Å². The second kappa shape index (κ2) is 7.27. The monoisotopic (exact) mass is 406 g/mol. The van der Waals surface area contributed by atoms with E-state index in [2.05, 4.69) is 16.0 Å². The lowest BCUT2D eigenvalue weighted by atomic mass is 10.0. The van der Waals surface area contributed by atoms with Gasteiger partial charge in [-0.05, 0) is 24.1 Å². The fourth-order valence-corrected chi connectivity index (χ4v) is 3.96. The van der Waals surface area contributed by atoms with Crippen molar-refractivity contribution in [1.82, 2.24) is 20.9 Å². The third-order valence-corrected chi connectivity index (χ3v) is 5.42. The first-order valence-electron chi connectivity index (χ1n) is 9.41. The van der Waals surface area contributed by atoms with Crippen LogP contribution >= 0.6 is 0 Å². The van der Waals surface area contributed by atoms with Crippen LogP contribution in [0.25, 0.3) is 0 Å². The fraction of sp³-hybridized carbons (Fsp3) is 0.474. The van der Waals surface area contributed by atoms with E-state index >= 15 is 0 Å². The number of halogens is 2. The number of imide groups is 2. The molecule has 2 saturated heterocycles. The van der Waals surface area contributed by atoms with Crippen LogP contribution < -0.4 is 16.0 Å². The lowest BCUT2D eigenvalue weighted by molar-refractivity contribution is -0.136. The maximum Gasteiger partial charge on any atom is 0.262 e. The highest BCUT2D eigenvalue weighted by atomic mass is 19.3. The summed E-state index contributed by atoms with van der Waals surface area (Å²) in [4.78, 5) is 49.7. The second-order valence-electron chi connectivity index (χ2n) is 7.60.